The van der Waals surface area contributed by atoms with Crippen LogP contribution in [0.15, 0.2) is 54.6 Å². The van der Waals surface area contributed by atoms with Gasteiger partial charge in [0.1, 0.15) is 18.1 Å². The Balaban J connectivity index is 1.76. The fourth-order valence-corrected chi connectivity index (χ4v) is 3.53. The molecule has 3 amide bonds. The number of hydrogen-bond acceptors (Lipinski definition) is 5. The van der Waals surface area contributed by atoms with Gasteiger partial charge in [-0.25, -0.2) is 9.48 Å². The molecule has 0 atom stereocenters. The van der Waals surface area contributed by atoms with E-state index < -0.39 is 6.03 Å². The maximum atomic E-state index is 13.1. The van der Waals surface area contributed by atoms with Crippen LogP contribution in [0.1, 0.15) is 39.0 Å². The van der Waals surface area contributed by atoms with Crippen molar-refractivity contribution in [3.63, 3.8) is 0 Å². The molecule has 0 aliphatic heterocycles. The van der Waals surface area contributed by atoms with Crippen molar-refractivity contribution >= 4 is 23.4 Å². The van der Waals surface area contributed by atoms with E-state index in [4.69, 9.17) is 14.6 Å². The quantitative estimate of drug-likeness (QED) is 0.403. The minimum Gasteiger partial charge on any atom is -0.494 e. The first-order valence-electron chi connectivity index (χ1n) is 12.4. The molecule has 1 aromatic heterocycles. The van der Waals surface area contributed by atoms with Gasteiger partial charge in [-0.2, -0.15) is 5.10 Å². The van der Waals surface area contributed by atoms with E-state index >= 15 is 0 Å². The minimum absolute atomic E-state index is 0.157. The molecule has 0 aliphatic rings. The molecule has 0 bridgehead atoms. The second-order valence-electron chi connectivity index (χ2n) is 9.76. The molecule has 198 valence electrons. The zero-order valence-electron chi connectivity index (χ0n) is 22.5. The number of aryl methyl sites for hydroxylation is 1. The van der Waals surface area contributed by atoms with Gasteiger partial charge in [-0.3, -0.25) is 4.79 Å². The number of urea groups is 1. The van der Waals surface area contributed by atoms with E-state index in [0.29, 0.717) is 24.7 Å². The third kappa shape index (κ3) is 7.82. The van der Waals surface area contributed by atoms with Crippen molar-refractivity contribution in [2.24, 2.45) is 0 Å². The summed E-state index contributed by atoms with van der Waals surface area (Å²) in [6.07, 6.45) is 0. The molecule has 2 N–H and O–H groups in total. The molecular formula is C28H37N5O4. The van der Waals surface area contributed by atoms with Crippen LogP contribution >= 0.6 is 0 Å². The van der Waals surface area contributed by atoms with E-state index in [1.807, 2.05) is 44.2 Å². The first-order chi connectivity index (χ1) is 17.6. The zero-order chi connectivity index (χ0) is 27.0. The molecule has 9 nitrogen and oxygen atoms in total. The van der Waals surface area contributed by atoms with Crippen LogP contribution in [0.3, 0.4) is 0 Å². The van der Waals surface area contributed by atoms with Crippen LogP contribution in [0.5, 0.6) is 5.75 Å². The van der Waals surface area contributed by atoms with Crippen molar-refractivity contribution in [3.05, 3.63) is 65.9 Å². The Morgan fingerprint density at radius 1 is 1.03 bits per heavy atom. The number of benzene rings is 2. The smallest absolute Gasteiger partial charge is 0.322 e. The monoisotopic (exact) mass is 507 g/mol. The molecule has 0 radical (unpaired) electrons. The van der Waals surface area contributed by atoms with Crippen molar-refractivity contribution in [3.8, 4) is 11.4 Å². The van der Waals surface area contributed by atoms with Gasteiger partial charge in [0.05, 0.1) is 24.6 Å². The molecule has 3 aromatic rings. The highest BCUT2D eigenvalue weighted by Gasteiger charge is 2.23. The normalized spacial score (nSPS) is 11.2. The van der Waals surface area contributed by atoms with E-state index in [0.717, 1.165) is 22.7 Å². The van der Waals surface area contributed by atoms with Crippen molar-refractivity contribution < 1.29 is 19.1 Å². The Bertz CT molecular complexity index is 1180. The Morgan fingerprint density at radius 2 is 1.70 bits per heavy atom. The van der Waals surface area contributed by atoms with Crippen LogP contribution in [0.25, 0.3) is 5.69 Å². The second kappa shape index (κ2) is 12.4. The Hall–Kier alpha value is -3.85. The number of aromatic nitrogens is 2. The van der Waals surface area contributed by atoms with Gasteiger partial charge >= 0.3 is 6.03 Å². The molecule has 0 aliphatic carbocycles. The second-order valence-corrected chi connectivity index (χ2v) is 9.76. The van der Waals surface area contributed by atoms with Crippen LogP contribution in [-0.4, -0.2) is 60.0 Å². The zero-order valence-corrected chi connectivity index (χ0v) is 22.5. The fourth-order valence-electron chi connectivity index (χ4n) is 3.53. The fraction of sp³-hybridized carbons (Fsp3) is 0.393. The number of nitrogens with one attached hydrogen (secondary N) is 2. The number of rotatable bonds is 10. The minimum atomic E-state index is -0.404. The Morgan fingerprint density at radius 3 is 2.30 bits per heavy atom. The van der Waals surface area contributed by atoms with Gasteiger partial charge in [0.2, 0.25) is 5.91 Å². The first-order valence-corrected chi connectivity index (χ1v) is 12.4. The van der Waals surface area contributed by atoms with Gasteiger partial charge in [-0.05, 0) is 50.2 Å². The number of carbonyl (C=O) groups excluding carboxylic acids is 2. The number of anilines is 2. The highest BCUT2D eigenvalue weighted by molar-refractivity contribution is 5.96. The third-order valence-corrected chi connectivity index (χ3v) is 5.63. The molecule has 0 saturated heterocycles. The molecule has 9 heteroatoms. The SMILES string of the molecule is CCOc1ccc(NC(=O)N(CCOC)CC(=O)Nc2cc(C(C)(C)C)nn2-c2ccc(C)cc2)cc1. The van der Waals surface area contributed by atoms with Gasteiger partial charge in [0.15, 0.2) is 0 Å². The highest BCUT2D eigenvalue weighted by atomic mass is 16.5. The molecule has 3 rings (SSSR count). The van der Waals surface area contributed by atoms with Crippen molar-refractivity contribution in [2.45, 2.75) is 40.0 Å². The average molecular weight is 508 g/mol. The van der Waals surface area contributed by atoms with E-state index in [-0.39, 0.29) is 24.4 Å². The van der Waals surface area contributed by atoms with Gasteiger partial charge in [0, 0.05) is 30.8 Å². The summed E-state index contributed by atoms with van der Waals surface area (Å²) in [5, 5.41) is 10.5. The molecule has 1 heterocycles. The van der Waals surface area contributed by atoms with E-state index in [1.54, 1.807) is 36.1 Å². The van der Waals surface area contributed by atoms with Gasteiger partial charge < -0.3 is 25.0 Å². The van der Waals surface area contributed by atoms with Gasteiger partial charge in [-0.1, -0.05) is 38.5 Å². The number of methoxy groups -OCH3 is 1. The summed E-state index contributed by atoms with van der Waals surface area (Å²) in [6.45, 7) is 11.1. The summed E-state index contributed by atoms with van der Waals surface area (Å²) in [4.78, 5) is 27.5. The maximum Gasteiger partial charge on any atom is 0.322 e. The summed E-state index contributed by atoms with van der Waals surface area (Å²) >= 11 is 0. The largest absolute Gasteiger partial charge is 0.494 e. The summed E-state index contributed by atoms with van der Waals surface area (Å²) in [7, 11) is 1.55. The summed E-state index contributed by atoms with van der Waals surface area (Å²) < 4.78 is 12.3. The third-order valence-electron chi connectivity index (χ3n) is 5.63. The number of ether oxygens (including phenoxy) is 2. The van der Waals surface area contributed by atoms with Crippen LogP contribution in [-0.2, 0) is 14.9 Å². The lowest BCUT2D eigenvalue weighted by Gasteiger charge is -2.22. The Labute approximate surface area is 218 Å². The molecule has 0 unspecified atom stereocenters. The van der Waals surface area contributed by atoms with Crippen LogP contribution in [0.2, 0.25) is 0 Å². The van der Waals surface area contributed by atoms with Crippen LogP contribution < -0.4 is 15.4 Å². The topological polar surface area (TPSA) is 97.7 Å². The number of nitrogens with zero attached hydrogens (tertiary/aromatic N) is 3. The maximum absolute atomic E-state index is 13.1. The molecule has 0 fully saturated rings. The van der Waals surface area contributed by atoms with Gasteiger partial charge in [-0.15, -0.1) is 0 Å². The Kier molecular flexibility index (Phi) is 9.30. The average Bonchev–Trinajstić information content (AvgIpc) is 3.27. The molecule has 0 saturated carbocycles. The summed E-state index contributed by atoms with van der Waals surface area (Å²) in [5.74, 6) is 0.917. The summed E-state index contributed by atoms with van der Waals surface area (Å²) in [5.41, 5.74) is 3.19. The standard InChI is InChI=1S/C28H37N5O4/c1-7-37-23-14-10-21(11-15-23)29-27(35)32(16-17-36-6)19-26(34)30-25-18-24(28(3,4)5)31-33(25)22-12-8-20(2)9-13-22/h8-15,18H,7,16-17,19H2,1-6H3,(H,29,35)(H,30,34). The predicted octanol–water partition coefficient (Wildman–Crippen LogP) is 5.00. The lowest BCUT2D eigenvalue weighted by atomic mass is 9.92. The lowest BCUT2D eigenvalue weighted by molar-refractivity contribution is -0.116. The van der Waals surface area contributed by atoms with Crippen LogP contribution in [0.4, 0.5) is 16.3 Å². The first kappa shape index (κ1) is 27.7. The molecular weight excluding hydrogens is 470 g/mol. The van der Waals surface area contributed by atoms with E-state index in [2.05, 4.69) is 31.4 Å². The lowest BCUT2D eigenvalue weighted by Crippen LogP contribution is -2.42. The van der Waals surface area contributed by atoms with Crippen molar-refractivity contribution in [1.82, 2.24) is 14.7 Å². The van der Waals surface area contributed by atoms with Crippen molar-refractivity contribution in [1.29, 1.82) is 0 Å². The summed E-state index contributed by atoms with van der Waals surface area (Å²) in [6, 6.07) is 16.5. The van der Waals surface area contributed by atoms with E-state index in [9.17, 15) is 9.59 Å². The molecule has 0 spiro atoms. The number of hydrogen-bond donors (Lipinski definition) is 2. The predicted molar refractivity (Wildman–Crippen MR) is 146 cm³/mol. The molecule has 2 aromatic carbocycles. The molecule has 37 heavy (non-hydrogen) atoms. The van der Waals surface area contributed by atoms with Crippen LogP contribution in [0, 0.1) is 6.92 Å². The number of carbonyl (C=O) groups is 2. The number of amides is 3. The van der Waals surface area contributed by atoms with Gasteiger partial charge in [0.25, 0.3) is 0 Å². The van der Waals surface area contributed by atoms with Crippen molar-refractivity contribution in [2.75, 3.05) is 44.0 Å². The highest BCUT2D eigenvalue weighted by Crippen LogP contribution is 2.26. The van der Waals surface area contributed by atoms with E-state index in [1.165, 1.54) is 4.90 Å².